The van der Waals surface area contributed by atoms with E-state index >= 15 is 0 Å². The van der Waals surface area contributed by atoms with Crippen LogP contribution in [0.5, 0.6) is 5.75 Å². The molecule has 0 spiro atoms. The second-order valence-corrected chi connectivity index (χ2v) is 7.03. The first-order chi connectivity index (χ1) is 13.2. The molecule has 0 saturated heterocycles. The van der Waals surface area contributed by atoms with Crippen LogP contribution in [0.3, 0.4) is 0 Å². The van der Waals surface area contributed by atoms with E-state index in [4.69, 9.17) is 16.3 Å². The Labute approximate surface area is 164 Å². The summed E-state index contributed by atoms with van der Waals surface area (Å²) in [7, 11) is 1.69. The Balaban J connectivity index is 1.82. The summed E-state index contributed by atoms with van der Waals surface area (Å²) < 4.78 is 7.63. The highest BCUT2D eigenvalue weighted by molar-refractivity contribution is 6.34. The molecule has 0 aliphatic heterocycles. The van der Waals surface area contributed by atoms with Crippen LogP contribution in [-0.2, 0) is 6.54 Å². The molecule has 0 aliphatic carbocycles. The number of hydrogen-bond acceptors (Lipinski definition) is 2. The monoisotopic (exact) mass is 376 g/mol. The van der Waals surface area contributed by atoms with Crippen molar-refractivity contribution in [2.45, 2.75) is 19.4 Å². The maximum atomic E-state index is 6.39. The van der Waals surface area contributed by atoms with E-state index in [0.717, 1.165) is 23.2 Å². The Kier molecular flexibility index (Phi) is 4.87. The van der Waals surface area contributed by atoms with E-state index in [9.17, 15) is 0 Å². The molecule has 0 radical (unpaired) electrons. The fourth-order valence-corrected chi connectivity index (χ4v) is 3.74. The molecule has 0 fully saturated rings. The topological polar surface area (TPSA) is 27.1 Å². The summed E-state index contributed by atoms with van der Waals surface area (Å²) in [5.41, 5.74) is 4.81. The molecular weight excluding hydrogens is 356 g/mol. The number of fused-ring (bicyclic) bond motifs is 1. The first-order valence-corrected chi connectivity index (χ1v) is 9.36. The molecule has 0 amide bonds. The van der Waals surface area contributed by atoms with E-state index in [-0.39, 0.29) is 5.92 Å². The predicted molar refractivity (Wildman–Crippen MR) is 111 cm³/mol. The van der Waals surface area contributed by atoms with Crippen molar-refractivity contribution in [2.75, 3.05) is 7.11 Å². The molecule has 4 rings (SSSR count). The van der Waals surface area contributed by atoms with E-state index in [1.165, 1.54) is 16.8 Å². The van der Waals surface area contributed by atoms with Crippen LogP contribution in [0.1, 0.15) is 29.7 Å². The van der Waals surface area contributed by atoms with Crippen molar-refractivity contribution in [3.8, 4) is 5.75 Å². The van der Waals surface area contributed by atoms with Crippen LogP contribution in [0.2, 0.25) is 5.15 Å². The molecule has 1 atom stereocenters. The number of nitrogens with zero attached hydrogens (tertiary/aromatic N) is 2. The molecule has 0 bridgehead atoms. The Morgan fingerprint density at radius 3 is 2.48 bits per heavy atom. The number of pyridine rings is 1. The van der Waals surface area contributed by atoms with Gasteiger partial charge >= 0.3 is 0 Å². The van der Waals surface area contributed by atoms with Gasteiger partial charge in [0.25, 0.3) is 0 Å². The highest BCUT2D eigenvalue weighted by Gasteiger charge is 2.18. The minimum atomic E-state index is 0.211. The van der Waals surface area contributed by atoms with E-state index in [1.807, 2.05) is 24.3 Å². The second-order valence-electron chi connectivity index (χ2n) is 6.67. The van der Waals surface area contributed by atoms with Crippen molar-refractivity contribution in [1.29, 1.82) is 0 Å². The molecule has 2 aromatic carbocycles. The largest absolute Gasteiger partial charge is 0.497 e. The normalized spacial score (nSPS) is 12.3. The summed E-state index contributed by atoms with van der Waals surface area (Å²) in [6.45, 7) is 3.01. The van der Waals surface area contributed by atoms with Crippen molar-refractivity contribution < 1.29 is 4.74 Å². The van der Waals surface area contributed by atoms with Gasteiger partial charge in [0.15, 0.2) is 0 Å². The van der Waals surface area contributed by atoms with Gasteiger partial charge in [0.2, 0.25) is 0 Å². The summed E-state index contributed by atoms with van der Waals surface area (Å²) in [5, 5.41) is 1.54. The van der Waals surface area contributed by atoms with Gasteiger partial charge in [-0.15, -0.1) is 0 Å². The lowest BCUT2D eigenvalue weighted by Crippen LogP contribution is -2.08. The van der Waals surface area contributed by atoms with Crippen LogP contribution < -0.4 is 4.74 Å². The quantitative estimate of drug-likeness (QED) is 0.405. The molecule has 4 aromatic rings. The van der Waals surface area contributed by atoms with E-state index < -0.39 is 0 Å². The SMILES string of the molecule is COc1ccc(C(C)c2cc3c(Cl)nccc3n2Cc2ccccc2)cc1. The third kappa shape index (κ3) is 3.43. The molecule has 0 saturated carbocycles. The number of benzene rings is 2. The maximum Gasteiger partial charge on any atom is 0.138 e. The van der Waals surface area contributed by atoms with E-state index in [2.05, 4.69) is 58.9 Å². The molecule has 27 heavy (non-hydrogen) atoms. The third-order valence-corrected chi connectivity index (χ3v) is 5.36. The van der Waals surface area contributed by atoms with Gasteiger partial charge in [0.05, 0.1) is 12.6 Å². The smallest absolute Gasteiger partial charge is 0.138 e. The number of halogens is 1. The Hall–Kier alpha value is -2.78. The van der Waals surface area contributed by atoms with Crippen LogP contribution >= 0.6 is 11.6 Å². The summed E-state index contributed by atoms with van der Waals surface area (Å²) in [5.74, 6) is 1.08. The third-order valence-electron chi connectivity index (χ3n) is 5.06. The van der Waals surface area contributed by atoms with Gasteiger partial charge < -0.3 is 9.30 Å². The zero-order valence-corrected chi connectivity index (χ0v) is 16.1. The average molecular weight is 377 g/mol. The number of hydrogen-bond donors (Lipinski definition) is 0. The van der Waals surface area contributed by atoms with Crippen molar-refractivity contribution in [1.82, 2.24) is 9.55 Å². The molecule has 4 heteroatoms. The zero-order chi connectivity index (χ0) is 18.8. The highest BCUT2D eigenvalue weighted by atomic mass is 35.5. The number of methoxy groups -OCH3 is 1. The first-order valence-electron chi connectivity index (χ1n) is 8.99. The van der Waals surface area contributed by atoms with Crippen LogP contribution in [0.15, 0.2) is 72.9 Å². The van der Waals surface area contributed by atoms with Gasteiger partial charge in [0, 0.05) is 29.7 Å². The molecule has 2 heterocycles. The molecule has 136 valence electrons. The molecule has 0 N–H and O–H groups in total. The summed E-state index contributed by atoms with van der Waals surface area (Å²) in [6.07, 6.45) is 1.77. The Morgan fingerprint density at radius 2 is 1.78 bits per heavy atom. The number of aromatic nitrogens is 2. The zero-order valence-electron chi connectivity index (χ0n) is 15.4. The van der Waals surface area contributed by atoms with Crippen LogP contribution in [0.4, 0.5) is 0 Å². The maximum absolute atomic E-state index is 6.39. The standard InChI is InChI=1S/C23H21ClN2O/c1-16(18-8-10-19(27-2)11-9-18)22-14-20-21(12-13-25-23(20)24)26(22)15-17-6-4-3-5-7-17/h3-14,16H,15H2,1-2H3. The molecule has 0 aliphatic rings. The van der Waals surface area contributed by atoms with E-state index in [0.29, 0.717) is 5.15 Å². The summed E-state index contributed by atoms with van der Waals surface area (Å²) in [6, 6.07) is 22.9. The van der Waals surface area contributed by atoms with Gasteiger partial charge in [-0.2, -0.15) is 0 Å². The van der Waals surface area contributed by atoms with Crippen LogP contribution in [0.25, 0.3) is 10.9 Å². The number of rotatable bonds is 5. The van der Waals surface area contributed by atoms with Gasteiger partial charge in [0.1, 0.15) is 10.9 Å². The average Bonchev–Trinajstić information content (AvgIpc) is 3.08. The fraction of sp³-hybridized carbons (Fsp3) is 0.174. The highest BCUT2D eigenvalue weighted by Crippen LogP contribution is 2.33. The predicted octanol–water partition coefficient (Wildman–Crippen LogP) is 5.90. The molecule has 3 nitrogen and oxygen atoms in total. The van der Waals surface area contributed by atoms with Gasteiger partial charge in [-0.05, 0) is 35.4 Å². The summed E-state index contributed by atoms with van der Waals surface area (Å²) >= 11 is 6.39. The fourth-order valence-electron chi connectivity index (χ4n) is 3.54. The first kappa shape index (κ1) is 17.6. The number of ether oxygens (including phenoxy) is 1. The van der Waals surface area contributed by atoms with Crippen molar-refractivity contribution >= 4 is 22.5 Å². The van der Waals surface area contributed by atoms with Gasteiger partial charge in [-0.3, -0.25) is 0 Å². The van der Waals surface area contributed by atoms with Crippen molar-refractivity contribution in [3.63, 3.8) is 0 Å². The van der Waals surface area contributed by atoms with Gasteiger partial charge in [-0.1, -0.05) is 61.0 Å². The molecule has 1 unspecified atom stereocenters. The van der Waals surface area contributed by atoms with Gasteiger partial charge in [-0.25, -0.2) is 4.98 Å². The second kappa shape index (κ2) is 7.45. The van der Waals surface area contributed by atoms with Crippen LogP contribution in [0, 0.1) is 0 Å². The van der Waals surface area contributed by atoms with Crippen molar-refractivity contribution in [2.24, 2.45) is 0 Å². The molecule has 2 aromatic heterocycles. The van der Waals surface area contributed by atoms with Crippen LogP contribution in [-0.4, -0.2) is 16.7 Å². The Bertz CT molecular complexity index is 1060. The molecular formula is C23H21ClN2O. The lowest BCUT2D eigenvalue weighted by atomic mass is 9.97. The minimum Gasteiger partial charge on any atom is -0.497 e. The lowest BCUT2D eigenvalue weighted by molar-refractivity contribution is 0.414. The Morgan fingerprint density at radius 1 is 1.04 bits per heavy atom. The lowest BCUT2D eigenvalue weighted by Gasteiger charge is -2.17. The van der Waals surface area contributed by atoms with E-state index in [1.54, 1.807) is 13.3 Å². The van der Waals surface area contributed by atoms with Crippen molar-refractivity contribution in [3.05, 3.63) is 94.9 Å². The minimum absolute atomic E-state index is 0.211. The summed E-state index contributed by atoms with van der Waals surface area (Å²) in [4.78, 5) is 4.26.